The van der Waals surface area contributed by atoms with Gasteiger partial charge in [-0.3, -0.25) is 4.79 Å². The number of hydrogen-bond acceptors (Lipinski definition) is 2. The third-order valence-corrected chi connectivity index (χ3v) is 3.56. The fraction of sp³-hybridized carbons (Fsp3) is 0.818. The molecule has 16 heavy (non-hydrogen) atoms. The average Bonchev–Trinajstić information content (AvgIpc) is 3.06. The smallest absolute Gasteiger partial charge is 0.314 e. The SMILES string of the molecule is O=C(O)CCNC(=O)NCC1(C2CC2)CC1. The van der Waals surface area contributed by atoms with Crippen molar-refractivity contribution in [2.24, 2.45) is 11.3 Å². The molecule has 0 radical (unpaired) electrons. The fourth-order valence-electron chi connectivity index (χ4n) is 2.19. The van der Waals surface area contributed by atoms with Crippen molar-refractivity contribution in [3.8, 4) is 0 Å². The topological polar surface area (TPSA) is 78.4 Å². The van der Waals surface area contributed by atoms with Crippen molar-refractivity contribution in [1.29, 1.82) is 0 Å². The van der Waals surface area contributed by atoms with E-state index in [0.717, 1.165) is 12.5 Å². The maximum absolute atomic E-state index is 11.3. The number of urea groups is 1. The van der Waals surface area contributed by atoms with Crippen LogP contribution < -0.4 is 10.6 Å². The Bertz CT molecular complexity index is 296. The summed E-state index contributed by atoms with van der Waals surface area (Å²) in [6.07, 6.45) is 5.05. The van der Waals surface area contributed by atoms with Crippen molar-refractivity contribution in [3.63, 3.8) is 0 Å². The number of carboxylic acid groups (broad SMARTS) is 1. The summed E-state index contributed by atoms with van der Waals surface area (Å²) in [4.78, 5) is 21.6. The van der Waals surface area contributed by atoms with E-state index in [0.29, 0.717) is 5.41 Å². The lowest BCUT2D eigenvalue weighted by atomic mass is 10.0. The van der Waals surface area contributed by atoms with E-state index in [1.165, 1.54) is 25.7 Å². The van der Waals surface area contributed by atoms with Gasteiger partial charge in [0.2, 0.25) is 0 Å². The molecule has 0 heterocycles. The predicted octanol–water partition coefficient (Wildman–Crippen LogP) is 0.950. The Kier molecular flexibility index (Phi) is 3.03. The van der Waals surface area contributed by atoms with E-state index >= 15 is 0 Å². The van der Waals surface area contributed by atoms with E-state index in [1.807, 2.05) is 0 Å². The van der Waals surface area contributed by atoms with Gasteiger partial charge in [-0.05, 0) is 37.0 Å². The normalized spacial score (nSPS) is 21.2. The quantitative estimate of drug-likeness (QED) is 0.631. The minimum Gasteiger partial charge on any atom is -0.481 e. The van der Waals surface area contributed by atoms with E-state index in [1.54, 1.807) is 0 Å². The Morgan fingerprint density at radius 1 is 1.25 bits per heavy atom. The fourth-order valence-corrected chi connectivity index (χ4v) is 2.19. The highest BCUT2D eigenvalue weighted by Gasteiger charge is 2.53. The van der Waals surface area contributed by atoms with Gasteiger partial charge in [-0.15, -0.1) is 0 Å². The number of aliphatic carboxylic acids is 1. The molecule has 2 amide bonds. The van der Waals surface area contributed by atoms with Crippen LogP contribution in [0.25, 0.3) is 0 Å². The van der Waals surface area contributed by atoms with E-state index in [2.05, 4.69) is 10.6 Å². The van der Waals surface area contributed by atoms with Crippen LogP contribution in [-0.2, 0) is 4.79 Å². The summed E-state index contributed by atoms with van der Waals surface area (Å²) in [7, 11) is 0. The van der Waals surface area contributed by atoms with Crippen LogP contribution in [0.5, 0.6) is 0 Å². The second kappa shape index (κ2) is 4.31. The van der Waals surface area contributed by atoms with Gasteiger partial charge in [0.15, 0.2) is 0 Å². The van der Waals surface area contributed by atoms with Gasteiger partial charge >= 0.3 is 12.0 Å². The van der Waals surface area contributed by atoms with Crippen molar-refractivity contribution < 1.29 is 14.7 Å². The molecule has 0 spiro atoms. The second-order valence-electron chi connectivity index (χ2n) is 4.89. The van der Waals surface area contributed by atoms with Gasteiger partial charge in [-0.1, -0.05) is 0 Å². The third-order valence-electron chi connectivity index (χ3n) is 3.56. The first-order chi connectivity index (χ1) is 7.62. The van der Waals surface area contributed by atoms with Crippen LogP contribution in [-0.4, -0.2) is 30.2 Å². The number of amides is 2. The lowest BCUT2D eigenvalue weighted by Gasteiger charge is -2.15. The first-order valence-corrected chi connectivity index (χ1v) is 5.86. The second-order valence-corrected chi connectivity index (χ2v) is 4.89. The first kappa shape index (κ1) is 11.2. The van der Waals surface area contributed by atoms with Crippen LogP contribution in [0.3, 0.4) is 0 Å². The summed E-state index contributed by atoms with van der Waals surface area (Å²) in [5.41, 5.74) is 0.393. The van der Waals surface area contributed by atoms with Crippen LogP contribution in [0.2, 0.25) is 0 Å². The van der Waals surface area contributed by atoms with Crippen LogP contribution in [0.1, 0.15) is 32.1 Å². The molecule has 90 valence electrons. The molecule has 2 fully saturated rings. The molecular weight excluding hydrogens is 208 g/mol. The van der Waals surface area contributed by atoms with E-state index in [4.69, 9.17) is 5.11 Å². The van der Waals surface area contributed by atoms with Gasteiger partial charge in [0, 0.05) is 13.1 Å². The molecule has 0 bridgehead atoms. The minimum absolute atomic E-state index is 0.0266. The van der Waals surface area contributed by atoms with Crippen molar-refractivity contribution in [1.82, 2.24) is 10.6 Å². The monoisotopic (exact) mass is 226 g/mol. The molecule has 0 unspecified atom stereocenters. The molecule has 2 aliphatic rings. The molecule has 2 aliphatic carbocycles. The maximum atomic E-state index is 11.3. The Balaban J connectivity index is 1.59. The zero-order valence-electron chi connectivity index (χ0n) is 9.29. The number of carbonyl (C=O) groups excluding carboxylic acids is 1. The number of carbonyl (C=O) groups is 2. The summed E-state index contributed by atoms with van der Waals surface area (Å²) in [5, 5.41) is 13.8. The zero-order valence-corrected chi connectivity index (χ0v) is 9.29. The van der Waals surface area contributed by atoms with Crippen LogP contribution in [0.4, 0.5) is 4.79 Å². The molecule has 2 saturated carbocycles. The minimum atomic E-state index is -0.892. The van der Waals surface area contributed by atoms with Crippen molar-refractivity contribution in [2.75, 3.05) is 13.1 Å². The van der Waals surface area contributed by atoms with Crippen LogP contribution in [0.15, 0.2) is 0 Å². The van der Waals surface area contributed by atoms with Crippen molar-refractivity contribution in [2.45, 2.75) is 32.1 Å². The standard InChI is InChI=1S/C11H18N2O3/c14-9(15)3-6-12-10(16)13-7-11(4-5-11)8-1-2-8/h8H,1-7H2,(H,14,15)(H2,12,13,16). The lowest BCUT2D eigenvalue weighted by Crippen LogP contribution is -2.40. The summed E-state index contributed by atoms with van der Waals surface area (Å²) in [6, 6.07) is -0.242. The summed E-state index contributed by atoms with van der Waals surface area (Å²) in [6.45, 7) is 0.939. The van der Waals surface area contributed by atoms with Crippen LogP contribution in [0, 0.1) is 11.3 Å². The largest absolute Gasteiger partial charge is 0.481 e. The molecular formula is C11H18N2O3. The van der Waals surface area contributed by atoms with Gasteiger partial charge in [-0.2, -0.15) is 0 Å². The predicted molar refractivity (Wildman–Crippen MR) is 58.0 cm³/mol. The van der Waals surface area contributed by atoms with Gasteiger partial charge in [0.1, 0.15) is 0 Å². The van der Waals surface area contributed by atoms with Gasteiger partial charge < -0.3 is 15.7 Å². The molecule has 0 atom stereocenters. The Hall–Kier alpha value is -1.26. The highest BCUT2D eigenvalue weighted by Crippen LogP contribution is 2.60. The van der Waals surface area contributed by atoms with Gasteiger partial charge in [0.05, 0.1) is 6.42 Å². The van der Waals surface area contributed by atoms with E-state index < -0.39 is 5.97 Å². The molecule has 5 nitrogen and oxygen atoms in total. The number of hydrogen-bond donors (Lipinski definition) is 3. The number of rotatable bonds is 6. The Labute approximate surface area is 94.6 Å². The average molecular weight is 226 g/mol. The molecule has 3 N–H and O–H groups in total. The summed E-state index contributed by atoms with van der Waals surface area (Å²) < 4.78 is 0. The highest BCUT2D eigenvalue weighted by atomic mass is 16.4. The number of carboxylic acids is 1. The van der Waals surface area contributed by atoms with Crippen LogP contribution >= 0.6 is 0 Å². The van der Waals surface area contributed by atoms with E-state index in [-0.39, 0.29) is 19.0 Å². The molecule has 2 rings (SSSR count). The van der Waals surface area contributed by atoms with Gasteiger partial charge in [0.25, 0.3) is 0 Å². The lowest BCUT2D eigenvalue weighted by molar-refractivity contribution is -0.136. The zero-order chi connectivity index (χ0) is 11.6. The maximum Gasteiger partial charge on any atom is 0.314 e. The van der Waals surface area contributed by atoms with Gasteiger partial charge in [-0.25, -0.2) is 4.79 Å². The number of nitrogens with one attached hydrogen (secondary N) is 2. The Morgan fingerprint density at radius 2 is 1.94 bits per heavy atom. The highest BCUT2D eigenvalue weighted by molar-refractivity contribution is 5.75. The molecule has 0 aromatic carbocycles. The van der Waals surface area contributed by atoms with Crippen molar-refractivity contribution >= 4 is 12.0 Å². The van der Waals surface area contributed by atoms with E-state index in [9.17, 15) is 9.59 Å². The first-order valence-electron chi connectivity index (χ1n) is 5.86. The molecule has 0 aromatic rings. The molecule has 0 aromatic heterocycles. The molecule has 0 saturated heterocycles. The molecule has 5 heteroatoms. The molecule has 0 aliphatic heterocycles. The van der Waals surface area contributed by atoms with Crippen molar-refractivity contribution in [3.05, 3.63) is 0 Å². The summed E-state index contributed by atoms with van der Waals surface area (Å²) >= 11 is 0. The Morgan fingerprint density at radius 3 is 2.44 bits per heavy atom. The summed E-state index contributed by atoms with van der Waals surface area (Å²) in [5.74, 6) is -0.0660. The third kappa shape index (κ3) is 2.87.